The molecular formula is H12Cl6Si2. The third-order valence-electron chi connectivity index (χ3n) is 0. The Labute approximate surface area is 93.4 Å². The summed E-state index contributed by atoms with van der Waals surface area (Å²) in [6.07, 6.45) is 0. The van der Waals surface area contributed by atoms with Gasteiger partial charge in [-0.1, -0.05) is 0 Å². The van der Waals surface area contributed by atoms with Gasteiger partial charge in [0.25, 0.3) is 0 Å². The summed E-state index contributed by atoms with van der Waals surface area (Å²) in [6, 6.07) is 0. The monoisotopic (exact) mass is 278 g/mol. The summed E-state index contributed by atoms with van der Waals surface area (Å²) in [6.45, 7) is 0. The van der Waals surface area contributed by atoms with Gasteiger partial charge in [0.15, 0.2) is 0 Å². The van der Waals surface area contributed by atoms with Crippen LogP contribution in [-0.4, -0.2) is 19.5 Å². The van der Waals surface area contributed by atoms with Crippen LogP contribution in [0.2, 0.25) is 0 Å². The molecule has 0 aliphatic carbocycles. The second-order valence-corrected chi connectivity index (χ2v) is 0. The van der Waals surface area contributed by atoms with E-state index in [0.717, 1.165) is 0 Å². The SMILES string of the molecule is Cl.Cl.Cl.Cl.Cl.Cl.[SiH3][SiH3]. The molecule has 0 aromatic rings. The lowest BCUT2D eigenvalue weighted by molar-refractivity contribution is 4.75. The third-order valence-corrected chi connectivity index (χ3v) is 0. The summed E-state index contributed by atoms with van der Waals surface area (Å²) in [5.41, 5.74) is 0. The van der Waals surface area contributed by atoms with Crippen LogP contribution in [0.1, 0.15) is 0 Å². The Balaban J connectivity index is -0.000000000333. The van der Waals surface area contributed by atoms with Gasteiger partial charge < -0.3 is 0 Å². The van der Waals surface area contributed by atoms with E-state index in [2.05, 4.69) is 0 Å². The minimum Gasteiger partial charge on any atom is -0.147 e. The van der Waals surface area contributed by atoms with Crippen molar-refractivity contribution in [1.82, 2.24) is 0 Å². The number of hydrogen-bond acceptors (Lipinski definition) is 0. The van der Waals surface area contributed by atoms with Gasteiger partial charge in [0.1, 0.15) is 0 Å². The molecule has 8 heteroatoms. The fourth-order valence-corrected chi connectivity index (χ4v) is 0. The fourth-order valence-electron chi connectivity index (χ4n) is 0. The van der Waals surface area contributed by atoms with Crippen molar-refractivity contribution in [2.75, 3.05) is 0 Å². The summed E-state index contributed by atoms with van der Waals surface area (Å²) in [5, 5.41) is 0. The molecule has 0 bridgehead atoms. The van der Waals surface area contributed by atoms with Gasteiger partial charge in [-0.2, -0.15) is 0 Å². The van der Waals surface area contributed by atoms with Crippen molar-refractivity contribution < 1.29 is 0 Å². The Hall–Kier alpha value is 2.17. The quantitative estimate of drug-likeness (QED) is 0.555. The van der Waals surface area contributed by atoms with Gasteiger partial charge in [-0.25, -0.2) is 0 Å². The largest absolute Gasteiger partial charge is 0.147 e. The highest BCUT2D eigenvalue weighted by atomic mass is 35.5. The number of hydrogen-bond donors (Lipinski definition) is 0. The Morgan fingerprint density at radius 1 is 0.375 bits per heavy atom. The van der Waals surface area contributed by atoms with Crippen LogP contribution >= 0.6 is 74.4 Å². The molecule has 0 atom stereocenters. The molecule has 62 valence electrons. The molecule has 0 aliphatic heterocycles. The second kappa shape index (κ2) is 130. The molecule has 0 heterocycles. The van der Waals surface area contributed by atoms with Crippen LogP contribution in [0.15, 0.2) is 0 Å². The lowest BCUT2D eigenvalue weighted by Gasteiger charge is -1.01. The molecule has 0 unspecified atom stereocenters. The Kier molecular flexibility index (Phi) is 1380. The zero-order valence-corrected chi connectivity index (χ0v) is 13.3. The summed E-state index contributed by atoms with van der Waals surface area (Å²) >= 11 is 0. The topological polar surface area (TPSA) is 0 Å². The van der Waals surface area contributed by atoms with Gasteiger partial charge in [-0.05, 0) is 19.5 Å². The average Bonchev–Trinajstić information content (AvgIpc) is 1.00. The van der Waals surface area contributed by atoms with E-state index in [4.69, 9.17) is 0 Å². The first-order valence-electron chi connectivity index (χ1n) is 1.00. The van der Waals surface area contributed by atoms with Crippen LogP contribution in [0, 0.1) is 0 Å². The smallest absolute Gasteiger partial charge is 0.0125 e. The molecule has 0 rings (SSSR count). The molecule has 0 aliphatic rings. The molecule has 0 N–H and O–H groups in total. The summed E-state index contributed by atoms with van der Waals surface area (Å²) < 4.78 is 0. The predicted molar refractivity (Wildman–Crippen MR) is 63.4 cm³/mol. The van der Waals surface area contributed by atoms with Crippen molar-refractivity contribution in [3.63, 3.8) is 0 Å². The van der Waals surface area contributed by atoms with Gasteiger partial charge in [-0.3, -0.25) is 0 Å². The standard InChI is InChI=1S/6ClH.H6Si2/c;;;;;;1-2/h6*1H;1-2H3. The first-order valence-corrected chi connectivity index (χ1v) is 9.00. The lowest BCUT2D eigenvalue weighted by atomic mass is 27.1. The van der Waals surface area contributed by atoms with E-state index in [1.807, 2.05) is 0 Å². The Bertz CT molecular complexity index is 6.49. The Morgan fingerprint density at radius 2 is 0.375 bits per heavy atom. The van der Waals surface area contributed by atoms with Gasteiger partial charge >= 0.3 is 0 Å². The van der Waals surface area contributed by atoms with E-state index in [9.17, 15) is 0 Å². The first-order chi connectivity index (χ1) is 1.00. The molecular weight excluding hydrogens is 269 g/mol. The van der Waals surface area contributed by atoms with Crippen molar-refractivity contribution in [3.05, 3.63) is 0 Å². The van der Waals surface area contributed by atoms with Gasteiger partial charge in [0.2, 0.25) is 0 Å². The molecule has 0 aromatic carbocycles. The third kappa shape index (κ3) is 89.0. The first kappa shape index (κ1) is 85.0. The molecule has 0 aromatic heterocycles. The van der Waals surface area contributed by atoms with Crippen LogP contribution in [-0.2, 0) is 0 Å². The number of halogens is 6. The average molecular weight is 281 g/mol. The van der Waals surface area contributed by atoms with Crippen molar-refractivity contribution in [2.24, 2.45) is 0 Å². The van der Waals surface area contributed by atoms with E-state index in [1.54, 1.807) is 0 Å². The maximum absolute atomic E-state index is 1.44. The van der Waals surface area contributed by atoms with Crippen molar-refractivity contribution in [3.8, 4) is 0 Å². The molecule has 0 amide bonds. The van der Waals surface area contributed by atoms with E-state index < -0.39 is 0 Å². The molecule has 0 nitrogen and oxygen atoms in total. The maximum Gasteiger partial charge on any atom is -0.0125 e. The highest BCUT2D eigenvalue weighted by molar-refractivity contribution is 6.75. The molecule has 0 spiro atoms. The second-order valence-electron chi connectivity index (χ2n) is 0. The molecule has 8 heavy (non-hydrogen) atoms. The lowest BCUT2D eigenvalue weighted by Crippen LogP contribution is -1.38. The van der Waals surface area contributed by atoms with Gasteiger partial charge in [0.05, 0.1) is 0 Å². The van der Waals surface area contributed by atoms with Crippen LogP contribution in [0.4, 0.5) is 0 Å². The minimum atomic E-state index is 0. The molecule has 0 saturated heterocycles. The highest BCUT2D eigenvalue weighted by Gasteiger charge is 0.988. The maximum atomic E-state index is 1.44. The van der Waals surface area contributed by atoms with E-state index in [1.165, 1.54) is 19.5 Å². The Morgan fingerprint density at radius 3 is 0.375 bits per heavy atom. The van der Waals surface area contributed by atoms with Crippen molar-refractivity contribution in [2.45, 2.75) is 0 Å². The van der Waals surface area contributed by atoms with Crippen LogP contribution in [0.3, 0.4) is 0 Å². The molecule has 0 saturated carbocycles. The summed E-state index contributed by atoms with van der Waals surface area (Å²) in [7, 11) is 2.89. The fraction of sp³-hybridized carbons (Fsp3) is 0. The van der Waals surface area contributed by atoms with E-state index in [0.29, 0.717) is 0 Å². The predicted octanol–water partition coefficient (Wildman–Crippen LogP) is 0.163. The normalized spacial score (nSPS) is 1.50. The summed E-state index contributed by atoms with van der Waals surface area (Å²) in [4.78, 5) is 0. The van der Waals surface area contributed by atoms with E-state index >= 15 is 0 Å². The molecule has 0 fully saturated rings. The van der Waals surface area contributed by atoms with Gasteiger partial charge in [-0.15, -0.1) is 74.4 Å². The summed E-state index contributed by atoms with van der Waals surface area (Å²) in [5.74, 6) is 0. The number of rotatable bonds is 0. The highest BCUT2D eigenvalue weighted by Crippen LogP contribution is 0.695. The van der Waals surface area contributed by atoms with Crippen molar-refractivity contribution in [1.29, 1.82) is 0 Å². The van der Waals surface area contributed by atoms with Crippen LogP contribution < -0.4 is 0 Å². The van der Waals surface area contributed by atoms with Crippen LogP contribution in [0.25, 0.3) is 0 Å². The zero-order valence-electron chi connectivity index (χ0n) is 4.45. The molecule has 0 radical (unpaired) electrons. The minimum absolute atomic E-state index is 0. The van der Waals surface area contributed by atoms with E-state index in [-0.39, 0.29) is 74.4 Å². The van der Waals surface area contributed by atoms with Crippen molar-refractivity contribution >= 4 is 94.0 Å². The van der Waals surface area contributed by atoms with Gasteiger partial charge in [0, 0.05) is 0 Å². The van der Waals surface area contributed by atoms with Crippen LogP contribution in [0.5, 0.6) is 0 Å². The zero-order chi connectivity index (χ0) is 2.00.